The van der Waals surface area contributed by atoms with Crippen molar-refractivity contribution in [2.24, 2.45) is 0 Å². The standard InChI is InChI=1S/C16H24N2OS/c1-12-10-14(8-9-18(12)2)17-16(19)15(20)11-13-6-4-3-5-7-13/h3-7,12,14-15,20H,8-11H2,1-2H3,(H,17,19). The number of benzene rings is 1. The third kappa shape index (κ3) is 4.25. The maximum Gasteiger partial charge on any atom is 0.233 e. The van der Waals surface area contributed by atoms with Crippen LogP contribution >= 0.6 is 12.6 Å². The van der Waals surface area contributed by atoms with E-state index in [1.807, 2.05) is 30.3 Å². The van der Waals surface area contributed by atoms with E-state index in [2.05, 4.69) is 36.8 Å². The second-order valence-corrected chi connectivity index (χ2v) is 6.39. The Bertz CT molecular complexity index is 437. The number of nitrogens with zero attached hydrogens (tertiary/aromatic N) is 1. The molecule has 0 bridgehead atoms. The molecule has 1 amide bonds. The molecule has 3 unspecified atom stereocenters. The molecule has 1 aliphatic heterocycles. The number of hydrogen-bond donors (Lipinski definition) is 2. The van der Waals surface area contributed by atoms with Crippen molar-refractivity contribution in [2.75, 3.05) is 13.6 Å². The summed E-state index contributed by atoms with van der Waals surface area (Å²) in [6.45, 7) is 3.25. The van der Waals surface area contributed by atoms with Crippen LogP contribution in [0.3, 0.4) is 0 Å². The van der Waals surface area contributed by atoms with Crippen LogP contribution in [0.25, 0.3) is 0 Å². The van der Waals surface area contributed by atoms with Gasteiger partial charge in [0.2, 0.25) is 5.91 Å². The molecule has 0 spiro atoms. The fourth-order valence-electron chi connectivity index (χ4n) is 2.65. The van der Waals surface area contributed by atoms with Crippen molar-refractivity contribution < 1.29 is 4.79 Å². The topological polar surface area (TPSA) is 32.3 Å². The molecule has 3 atom stereocenters. The Kier molecular flexibility index (Phi) is 5.49. The van der Waals surface area contributed by atoms with Crippen LogP contribution < -0.4 is 5.32 Å². The van der Waals surface area contributed by atoms with Crippen LogP contribution in [0.15, 0.2) is 30.3 Å². The molecule has 1 fully saturated rings. The van der Waals surface area contributed by atoms with Gasteiger partial charge in [-0.3, -0.25) is 4.79 Å². The minimum absolute atomic E-state index is 0.0546. The zero-order valence-corrected chi connectivity index (χ0v) is 13.1. The Morgan fingerprint density at radius 1 is 1.45 bits per heavy atom. The summed E-state index contributed by atoms with van der Waals surface area (Å²) in [5.74, 6) is 0.0546. The Morgan fingerprint density at radius 3 is 2.80 bits per heavy atom. The predicted molar refractivity (Wildman–Crippen MR) is 86.2 cm³/mol. The fourth-order valence-corrected chi connectivity index (χ4v) is 2.93. The molecule has 0 radical (unpaired) electrons. The highest BCUT2D eigenvalue weighted by Gasteiger charge is 2.25. The summed E-state index contributed by atoms with van der Waals surface area (Å²) in [5.41, 5.74) is 1.15. The molecule has 1 aliphatic rings. The summed E-state index contributed by atoms with van der Waals surface area (Å²) >= 11 is 4.45. The average Bonchev–Trinajstić information content (AvgIpc) is 2.44. The van der Waals surface area contributed by atoms with E-state index >= 15 is 0 Å². The number of thiol groups is 1. The Morgan fingerprint density at radius 2 is 2.15 bits per heavy atom. The number of likely N-dealkylation sites (tertiary alicyclic amines) is 1. The van der Waals surface area contributed by atoms with Crippen molar-refractivity contribution >= 4 is 18.5 Å². The first-order valence-electron chi connectivity index (χ1n) is 7.29. The van der Waals surface area contributed by atoms with E-state index in [1.54, 1.807) is 0 Å². The molecular formula is C16H24N2OS. The first kappa shape index (κ1) is 15.4. The van der Waals surface area contributed by atoms with E-state index in [0.717, 1.165) is 24.9 Å². The predicted octanol–water partition coefficient (Wildman–Crippen LogP) is 2.13. The Balaban J connectivity index is 1.82. The molecule has 1 saturated heterocycles. The van der Waals surface area contributed by atoms with Gasteiger partial charge in [-0.1, -0.05) is 30.3 Å². The van der Waals surface area contributed by atoms with Crippen LogP contribution in [-0.2, 0) is 11.2 Å². The van der Waals surface area contributed by atoms with Gasteiger partial charge in [-0.2, -0.15) is 12.6 Å². The van der Waals surface area contributed by atoms with Gasteiger partial charge in [-0.15, -0.1) is 0 Å². The van der Waals surface area contributed by atoms with Gasteiger partial charge in [0.15, 0.2) is 0 Å². The van der Waals surface area contributed by atoms with Gasteiger partial charge in [0.1, 0.15) is 0 Å². The maximum absolute atomic E-state index is 12.2. The molecule has 0 aromatic heterocycles. The van der Waals surface area contributed by atoms with Gasteiger partial charge < -0.3 is 10.2 Å². The van der Waals surface area contributed by atoms with E-state index in [9.17, 15) is 4.79 Å². The number of rotatable bonds is 4. The fraction of sp³-hybridized carbons (Fsp3) is 0.562. The first-order valence-corrected chi connectivity index (χ1v) is 7.80. The molecular weight excluding hydrogens is 268 g/mol. The van der Waals surface area contributed by atoms with Gasteiger partial charge in [-0.25, -0.2) is 0 Å². The second-order valence-electron chi connectivity index (χ2n) is 5.77. The molecule has 1 aromatic carbocycles. The monoisotopic (exact) mass is 292 g/mol. The van der Waals surface area contributed by atoms with Crippen molar-refractivity contribution in [3.63, 3.8) is 0 Å². The third-order valence-electron chi connectivity index (χ3n) is 4.13. The van der Waals surface area contributed by atoms with Crippen molar-refractivity contribution in [1.82, 2.24) is 10.2 Å². The average molecular weight is 292 g/mol. The quantitative estimate of drug-likeness (QED) is 0.833. The van der Waals surface area contributed by atoms with Crippen molar-refractivity contribution in [3.05, 3.63) is 35.9 Å². The van der Waals surface area contributed by atoms with E-state index in [0.29, 0.717) is 18.5 Å². The van der Waals surface area contributed by atoms with E-state index in [4.69, 9.17) is 0 Å². The Labute approximate surface area is 127 Å². The van der Waals surface area contributed by atoms with E-state index in [1.165, 1.54) is 0 Å². The summed E-state index contributed by atoms with van der Waals surface area (Å²) in [6.07, 6.45) is 2.73. The maximum atomic E-state index is 12.2. The van der Waals surface area contributed by atoms with E-state index in [-0.39, 0.29) is 11.2 Å². The molecule has 1 heterocycles. The van der Waals surface area contributed by atoms with Gasteiger partial charge in [0, 0.05) is 18.6 Å². The lowest BCUT2D eigenvalue weighted by molar-refractivity contribution is -0.121. The summed E-state index contributed by atoms with van der Waals surface area (Å²) in [4.78, 5) is 14.5. The number of hydrogen-bond acceptors (Lipinski definition) is 3. The number of carbonyl (C=O) groups is 1. The van der Waals surface area contributed by atoms with Crippen molar-refractivity contribution in [1.29, 1.82) is 0 Å². The number of amides is 1. The van der Waals surface area contributed by atoms with E-state index < -0.39 is 0 Å². The molecule has 110 valence electrons. The minimum atomic E-state index is -0.271. The molecule has 2 rings (SSSR count). The number of nitrogens with one attached hydrogen (secondary N) is 1. The second kappa shape index (κ2) is 7.14. The lowest BCUT2D eigenvalue weighted by atomic mass is 9.98. The van der Waals surface area contributed by atoms with Crippen LogP contribution in [0.5, 0.6) is 0 Å². The highest BCUT2D eigenvalue weighted by Crippen LogP contribution is 2.16. The lowest BCUT2D eigenvalue weighted by Crippen LogP contribution is -2.49. The minimum Gasteiger partial charge on any atom is -0.352 e. The van der Waals surface area contributed by atoms with Gasteiger partial charge in [0.25, 0.3) is 0 Å². The SMILES string of the molecule is CC1CC(NC(=O)C(S)Cc2ccccc2)CCN1C. The third-order valence-corrected chi connectivity index (χ3v) is 4.55. The van der Waals surface area contributed by atoms with Crippen molar-refractivity contribution in [3.8, 4) is 0 Å². The molecule has 1 N–H and O–H groups in total. The normalized spacial score (nSPS) is 25.1. The number of carbonyl (C=O) groups excluding carboxylic acids is 1. The van der Waals surface area contributed by atoms with Crippen LogP contribution in [0.2, 0.25) is 0 Å². The summed E-state index contributed by atoms with van der Waals surface area (Å²) < 4.78 is 0. The zero-order valence-electron chi connectivity index (χ0n) is 12.2. The summed E-state index contributed by atoms with van der Waals surface area (Å²) in [5, 5.41) is 2.88. The molecule has 1 aromatic rings. The Hall–Kier alpha value is -1.00. The van der Waals surface area contributed by atoms with Crippen LogP contribution in [-0.4, -0.2) is 41.7 Å². The smallest absolute Gasteiger partial charge is 0.233 e. The van der Waals surface area contributed by atoms with Gasteiger partial charge in [-0.05, 0) is 38.8 Å². The zero-order chi connectivity index (χ0) is 14.5. The molecule has 4 heteroatoms. The van der Waals surface area contributed by atoms with Crippen LogP contribution in [0.4, 0.5) is 0 Å². The molecule has 0 saturated carbocycles. The highest BCUT2D eigenvalue weighted by atomic mass is 32.1. The van der Waals surface area contributed by atoms with Crippen LogP contribution in [0, 0.1) is 0 Å². The van der Waals surface area contributed by atoms with Crippen molar-refractivity contribution in [2.45, 2.75) is 43.5 Å². The van der Waals surface area contributed by atoms with Gasteiger partial charge >= 0.3 is 0 Å². The highest BCUT2D eigenvalue weighted by molar-refractivity contribution is 7.81. The summed E-state index contributed by atoms with van der Waals surface area (Å²) in [7, 11) is 2.14. The number of piperidine rings is 1. The van der Waals surface area contributed by atoms with Crippen LogP contribution in [0.1, 0.15) is 25.3 Å². The summed E-state index contributed by atoms with van der Waals surface area (Å²) in [6, 6.07) is 10.9. The molecule has 3 nitrogen and oxygen atoms in total. The molecule has 20 heavy (non-hydrogen) atoms. The molecule has 0 aliphatic carbocycles. The first-order chi connectivity index (χ1) is 9.56. The largest absolute Gasteiger partial charge is 0.352 e. The van der Waals surface area contributed by atoms with Gasteiger partial charge in [0.05, 0.1) is 5.25 Å². The lowest BCUT2D eigenvalue weighted by Gasteiger charge is -2.35.